The number of aromatic carboxylic acids is 1. The van der Waals surface area contributed by atoms with Crippen molar-refractivity contribution in [2.45, 2.75) is 6.92 Å². The van der Waals surface area contributed by atoms with Crippen LogP contribution in [0.3, 0.4) is 0 Å². The van der Waals surface area contributed by atoms with Crippen LogP contribution in [0.4, 0.5) is 0 Å². The molecule has 0 aromatic heterocycles. The van der Waals surface area contributed by atoms with Crippen LogP contribution in [0.25, 0.3) is 22.9 Å². The molecule has 0 aliphatic carbocycles. The maximum Gasteiger partial charge on any atom is 0.336 e. The summed E-state index contributed by atoms with van der Waals surface area (Å²) >= 11 is 0. The highest BCUT2D eigenvalue weighted by Crippen LogP contribution is 2.28. The van der Waals surface area contributed by atoms with Gasteiger partial charge in [0.05, 0.1) is 5.56 Å². The van der Waals surface area contributed by atoms with Crippen LogP contribution < -0.4 is 0 Å². The molecule has 2 aromatic carbocycles. The highest BCUT2D eigenvalue weighted by Gasteiger charge is 2.12. The average Bonchev–Trinajstić information content (AvgIpc) is 2.39. The molecule has 0 bridgehead atoms. The molecule has 0 spiro atoms. The van der Waals surface area contributed by atoms with Crippen LogP contribution in [0, 0.1) is 0 Å². The molecule has 2 rings (SSSR count). The summed E-state index contributed by atoms with van der Waals surface area (Å²) in [6.07, 6.45) is 5.61. The Morgan fingerprint density at radius 3 is 2.50 bits per heavy atom. The minimum Gasteiger partial charge on any atom is -0.478 e. The second kappa shape index (κ2) is 4.88. The van der Waals surface area contributed by atoms with E-state index in [-0.39, 0.29) is 0 Å². The topological polar surface area (TPSA) is 37.3 Å². The molecular formula is C16H14O2. The van der Waals surface area contributed by atoms with Crippen molar-refractivity contribution in [3.05, 3.63) is 59.7 Å². The Balaban J connectivity index is 2.96. The van der Waals surface area contributed by atoms with E-state index in [2.05, 4.69) is 6.58 Å². The van der Waals surface area contributed by atoms with E-state index in [0.29, 0.717) is 5.56 Å². The minimum absolute atomic E-state index is 0.314. The first kappa shape index (κ1) is 12.1. The third kappa shape index (κ3) is 1.93. The second-order valence-electron chi connectivity index (χ2n) is 3.98. The van der Waals surface area contributed by atoms with Crippen LogP contribution in [0.5, 0.6) is 0 Å². The van der Waals surface area contributed by atoms with Gasteiger partial charge in [0.2, 0.25) is 0 Å². The van der Waals surface area contributed by atoms with Crippen LogP contribution in [-0.4, -0.2) is 11.1 Å². The number of carbonyl (C=O) groups is 1. The number of benzene rings is 2. The molecular weight excluding hydrogens is 224 g/mol. The van der Waals surface area contributed by atoms with Gasteiger partial charge in [0, 0.05) is 0 Å². The van der Waals surface area contributed by atoms with Gasteiger partial charge in [0.1, 0.15) is 0 Å². The second-order valence-corrected chi connectivity index (χ2v) is 3.98. The molecule has 0 aliphatic heterocycles. The molecule has 2 nitrogen and oxygen atoms in total. The lowest BCUT2D eigenvalue weighted by Crippen LogP contribution is -2.00. The smallest absolute Gasteiger partial charge is 0.336 e. The lowest BCUT2D eigenvalue weighted by molar-refractivity contribution is 0.0699. The normalized spacial score (nSPS) is 10.9. The van der Waals surface area contributed by atoms with E-state index >= 15 is 0 Å². The first-order valence-corrected chi connectivity index (χ1v) is 5.73. The molecule has 0 aliphatic rings. The molecule has 0 saturated carbocycles. The maximum atomic E-state index is 11.3. The van der Waals surface area contributed by atoms with E-state index in [0.717, 1.165) is 21.9 Å². The fourth-order valence-electron chi connectivity index (χ4n) is 2.12. The van der Waals surface area contributed by atoms with E-state index in [1.54, 1.807) is 12.1 Å². The van der Waals surface area contributed by atoms with Gasteiger partial charge in [-0.15, -0.1) is 0 Å². The van der Waals surface area contributed by atoms with Gasteiger partial charge in [0.15, 0.2) is 0 Å². The van der Waals surface area contributed by atoms with Crippen molar-refractivity contribution < 1.29 is 9.90 Å². The Kier molecular flexibility index (Phi) is 3.28. The maximum absolute atomic E-state index is 11.3. The van der Waals surface area contributed by atoms with Crippen LogP contribution in [0.1, 0.15) is 28.4 Å². The molecule has 0 heterocycles. The van der Waals surface area contributed by atoms with Gasteiger partial charge < -0.3 is 5.11 Å². The zero-order chi connectivity index (χ0) is 13.1. The molecule has 0 saturated heterocycles. The molecule has 0 radical (unpaired) electrons. The van der Waals surface area contributed by atoms with E-state index in [9.17, 15) is 9.90 Å². The van der Waals surface area contributed by atoms with E-state index < -0.39 is 5.97 Å². The number of hydrogen-bond acceptors (Lipinski definition) is 1. The molecule has 0 atom stereocenters. The first-order chi connectivity index (χ1) is 8.69. The first-order valence-electron chi connectivity index (χ1n) is 5.73. The lowest BCUT2D eigenvalue weighted by atomic mass is 9.94. The Labute approximate surface area is 106 Å². The summed E-state index contributed by atoms with van der Waals surface area (Å²) in [4.78, 5) is 11.3. The molecule has 2 heteroatoms. The van der Waals surface area contributed by atoms with E-state index in [1.807, 2.05) is 43.3 Å². The number of rotatable bonds is 3. The molecule has 1 N–H and O–H groups in total. The highest BCUT2D eigenvalue weighted by molar-refractivity contribution is 6.07. The summed E-state index contributed by atoms with van der Waals surface area (Å²) in [6.45, 7) is 5.69. The summed E-state index contributed by atoms with van der Waals surface area (Å²) in [5, 5.41) is 11.0. The number of fused-ring (bicyclic) bond motifs is 1. The predicted molar refractivity (Wildman–Crippen MR) is 75.7 cm³/mol. The summed E-state index contributed by atoms with van der Waals surface area (Å²) < 4.78 is 0. The van der Waals surface area contributed by atoms with Gasteiger partial charge in [-0.05, 0) is 34.9 Å². The minimum atomic E-state index is -0.915. The van der Waals surface area contributed by atoms with Crippen molar-refractivity contribution >= 4 is 28.9 Å². The average molecular weight is 238 g/mol. The standard InChI is InChI=1S/C16H14O2/c1-3-7-12-11(4-2)10-15(16(17)18)14-9-6-5-8-13(12)14/h3-10H,2H2,1H3,(H,17,18)/b7-3-. The van der Waals surface area contributed by atoms with Crippen molar-refractivity contribution in [1.29, 1.82) is 0 Å². The van der Waals surface area contributed by atoms with Crippen molar-refractivity contribution in [2.24, 2.45) is 0 Å². The van der Waals surface area contributed by atoms with E-state index in [1.165, 1.54) is 0 Å². The zero-order valence-electron chi connectivity index (χ0n) is 10.2. The fraction of sp³-hybridized carbons (Fsp3) is 0.0625. The summed E-state index contributed by atoms with van der Waals surface area (Å²) in [5.41, 5.74) is 2.16. The van der Waals surface area contributed by atoms with Crippen LogP contribution >= 0.6 is 0 Å². The van der Waals surface area contributed by atoms with Crippen molar-refractivity contribution in [3.8, 4) is 0 Å². The van der Waals surface area contributed by atoms with Gasteiger partial charge in [-0.25, -0.2) is 4.79 Å². The molecule has 0 fully saturated rings. The fourth-order valence-corrected chi connectivity index (χ4v) is 2.12. The van der Waals surface area contributed by atoms with Crippen LogP contribution in [0.2, 0.25) is 0 Å². The van der Waals surface area contributed by atoms with Crippen LogP contribution in [0.15, 0.2) is 43.0 Å². The summed E-state index contributed by atoms with van der Waals surface area (Å²) in [6, 6.07) is 9.20. The third-order valence-corrected chi connectivity index (χ3v) is 2.90. The molecule has 0 amide bonds. The SMILES string of the molecule is C=Cc1cc(C(=O)O)c2ccccc2c1/C=C\C. The molecule has 2 aromatic rings. The number of allylic oxidation sites excluding steroid dienone is 1. The Morgan fingerprint density at radius 2 is 1.94 bits per heavy atom. The molecule has 18 heavy (non-hydrogen) atoms. The monoisotopic (exact) mass is 238 g/mol. The van der Waals surface area contributed by atoms with Gasteiger partial charge in [-0.1, -0.05) is 49.1 Å². The van der Waals surface area contributed by atoms with Gasteiger partial charge >= 0.3 is 5.97 Å². The molecule has 0 unspecified atom stereocenters. The number of hydrogen-bond donors (Lipinski definition) is 1. The van der Waals surface area contributed by atoms with Gasteiger partial charge in [-0.3, -0.25) is 0 Å². The van der Waals surface area contributed by atoms with Crippen molar-refractivity contribution in [1.82, 2.24) is 0 Å². The number of carboxylic acids is 1. The van der Waals surface area contributed by atoms with E-state index in [4.69, 9.17) is 0 Å². The lowest BCUT2D eigenvalue weighted by Gasteiger charge is -2.10. The van der Waals surface area contributed by atoms with Crippen molar-refractivity contribution in [2.75, 3.05) is 0 Å². The summed E-state index contributed by atoms with van der Waals surface area (Å²) in [7, 11) is 0. The number of carboxylic acid groups (broad SMARTS) is 1. The quantitative estimate of drug-likeness (QED) is 0.869. The third-order valence-electron chi connectivity index (χ3n) is 2.90. The van der Waals surface area contributed by atoms with Crippen molar-refractivity contribution in [3.63, 3.8) is 0 Å². The predicted octanol–water partition coefficient (Wildman–Crippen LogP) is 4.21. The van der Waals surface area contributed by atoms with Crippen LogP contribution in [-0.2, 0) is 0 Å². The molecule has 90 valence electrons. The summed E-state index contributed by atoms with van der Waals surface area (Å²) in [5.74, 6) is -0.915. The zero-order valence-corrected chi connectivity index (χ0v) is 10.2. The Bertz CT molecular complexity index is 651. The highest BCUT2D eigenvalue weighted by atomic mass is 16.4. The van der Waals surface area contributed by atoms with Gasteiger partial charge in [-0.2, -0.15) is 0 Å². The Hall–Kier alpha value is -2.35. The van der Waals surface area contributed by atoms with Gasteiger partial charge in [0.25, 0.3) is 0 Å². The Morgan fingerprint density at radius 1 is 1.28 bits per heavy atom. The largest absolute Gasteiger partial charge is 0.478 e.